The zero-order chi connectivity index (χ0) is 18.3. The van der Waals surface area contributed by atoms with Crippen LogP contribution in [-0.2, 0) is 4.79 Å². The molecule has 1 unspecified atom stereocenters. The lowest BCUT2D eigenvalue weighted by Gasteiger charge is -2.20. The average Bonchev–Trinajstić information content (AvgIpc) is 2.69. The molecule has 0 amide bonds. The van der Waals surface area contributed by atoms with Gasteiger partial charge in [-0.3, -0.25) is 4.79 Å². The lowest BCUT2D eigenvalue weighted by Crippen LogP contribution is -2.19. The van der Waals surface area contributed by atoms with Crippen LogP contribution in [0.15, 0.2) is 46.3 Å². The molecule has 1 aliphatic rings. The first-order valence-corrected chi connectivity index (χ1v) is 9.55. The highest BCUT2D eigenvalue weighted by Crippen LogP contribution is 2.44. The van der Waals surface area contributed by atoms with Crippen LogP contribution >= 0.6 is 11.8 Å². The van der Waals surface area contributed by atoms with Gasteiger partial charge in [0, 0.05) is 5.57 Å². The molecule has 1 rings (SSSR count). The molecule has 0 aromatic rings. The van der Waals surface area contributed by atoms with Crippen LogP contribution < -0.4 is 0 Å². The quantitative estimate of drug-likeness (QED) is 0.498. The molecule has 0 saturated carbocycles. The van der Waals surface area contributed by atoms with Gasteiger partial charge in [0.1, 0.15) is 5.76 Å². The second kappa shape index (κ2) is 9.31. The highest BCUT2D eigenvalue weighted by molar-refractivity contribution is 8.15. The van der Waals surface area contributed by atoms with E-state index in [2.05, 4.69) is 45.9 Å². The van der Waals surface area contributed by atoms with E-state index in [1.807, 2.05) is 6.92 Å². The number of carbonyl (C=O) groups excluding carboxylic acids is 1. The van der Waals surface area contributed by atoms with Crippen LogP contribution in [0.2, 0.25) is 0 Å². The second-order valence-electron chi connectivity index (χ2n) is 7.26. The van der Waals surface area contributed by atoms with Gasteiger partial charge in [0.25, 0.3) is 0 Å². The Hall–Kier alpha value is -1.22. The van der Waals surface area contributed by atoms with E-state index in [1.54, 1.807) is 6.92 Å². The zero-order valence-electron chi connectivity index (χ0n) is 16.0. The highest BCUT2D eigenvalue weighted by Gasteiger charge is 2.40. The van der Waals surface area contributed by atoms with Crippen LogP contribution in [0.25, 0.3) is 0 Å². The maximum atomic E-state index is 11.7. The van der Waals surface area contributed by atoms with Crippen molar-refractivity contribution in [1.29, 1.82) is 0 Å². The van der Waals surface area contributed by atoms with E-state index in [1.165, 1.54) is 28.5 Å². The molecule has 0 fully saturated rings. The van der Waals surface area contributed by atoms with Crippen molar-refractivity contribution >= 4 is 16.9 Å². The highest BCUT2D eigenvalue weighted by atomic mass is 32.2. The lowest BCUT2D eigenvalue weighted by molar-refractivity contribution is -0.107. The van der Waals surface area contributed by atoms with Crippen molar-refractivity contribution in [3.05, 3.63) is 46.3 Å². The van der Waals surface area contributed by atoms with Crippen molar-refractivity contribution in [3.8, 4) is 0 Å². The predicted octanol–water partition coefficient (Wildman–Crippen LogP) is 6.66. The molecule has 0 spiro atoms. The summed E-state index contributed by atoms with van der Waals surface area (Å²) in [6, 6.07) is 0. The number of hydrogen-bond acceptors (Lipinski definition) is 3. The second-order valence-corrected chi connectivity index (χ2v) is 8.73. The van der Waals surface area contributed by atoms with Crippen LogP contribution in [0.4, 0.5) is 0 Å². The number of aliphatic hydroxyl groups excluding tert-OH is 1. The summed E-state index contributed by atoms with van der Waals surface area (Å²) >= 11 is 1.24. The summed E-state index contributed by atoms with van der Waals surface area (Å²) in [7, 11) is 0. The molecule has 0 aromatic heterocycles. The first-order chi connectivity index (χ1) is 11.2. The monoisotopic (exact) mass is 348 g/mol. The summed E-state index contributed by atoms with van der Waals surface area (Å²) in [5.41, 5.74) is 4.64. The Morgan fingerprint density at radius 1 is 1.04 bits per heavy atom. The number of hydrogen-bond donors (Lipinski definition) is 1. The number of allylic oxidation sites excluding steroid dienone is 6. The van der Waals surface area contributed by atoms with Crippen LogP contribution in [0.1, 0.15) is 73.6 Å². The molecule has 1 heterocycles. The van der Waals surface area contributed by atoms with Gasteiger partial charge in [-0.1, -0.05) is 46.7 Å². The van der Waals surface area contributed by atoms with Crippen molar-refractivity contribution in [3.63, 3.8) is 0 Å². The van der Waals surface area contributed by atoms with E-state index >= 15 is 0 Å². The van der Waals surface area contributed by atoms with E-state index in [-0.39, 0.29) is 10.9 Å². The molecule has 0 saturated heterocycles. The summed E-state index contributed by atoms with van der Waals surface area (Å²) in [6.45, 7) is 12.3. The Morgan fingerprint density at radius 3 is 2.08 bits per heavy atom. The third-order valence-electron chi connectivity index (χ3n) is 4.44. The summed E-state index contributed by atoms with van der Waals surface area (Å²) in [5, 5.41) is 10.2. The molecule has 1 aliphatic heterocycles. The fourth-order valence-corrected chi connectivity index (χ4v) is 3.74. The molecule has 0 aliphatic carbocycles. The number of aliphatic hydroxyl groups is 1. The van der Waals surface area contributed by atoms with E-state index in [9.17, 15) is 9.90 Å². The van der Waals surface area contributed by atoms with E-state index in [0.717, 1.165) is 25.7 Å². The van der Waals surface area contributed by atoms with Gasteiger partial charge in [-0.25, -0.2) is 0 Å². The predicted molar refractivity (Wildman–Crippen MR) is 106 cm³/mol. The Bertz CT molecular complexity index is 589. The van der Waals surface area contributed by atoms with Gasteiger partial charge in [0.15, 0.2) is 0 Å². The molecule has 24 heavy (non-hydrogen) atoms. The minimum absolute atomic E-state index is 0.00373. The molecule has 3 heteroatoms. The Balaban J connectivity index is 2.46. The third kappa shape index (κ3) is 6.35. The maximum Gasteiger partial charge on any atom is 0.219 e. The van der Waals surface area contributed by atoms with Gasteiger partial charge in [0.2, 0.25) is 5.12 Å². The molecule has 2 nitrogen and oxygen atoms in total. The molecular formula is C21H32O2S. The number of rotatable bonds is 8. The smallest absolute Gasteiger partial charge is 0.219 e. The van der Waals surface area contributed by atoms with Crippen molar-refractivity contribution in [2.24, 2.45) is 0 Å². The average molecular weight is 349 g/mol. The van der Waals surface area contributed by atoms with Crippen molar-refractivity contribution in [1.82, 2.24) is 0 Å². The SMILES string of the molecule is CC(C)=CCC/C(C)=C/CC/C(C)=C/CC1(C)SC(=O)C(C)=C1O. The minimum Gasteiger partial charge on any atom is -0.510 e. The lowest BCUT2D eigenvalue weighted by atomic mass is 9.99. The molecule has 1 atom stereocenters. The summed E-state index contributed by atoms with van der Waals surface area (Å²) in [6.07, 6.45) is 11.8. The Labute approximate surface area is 151 Å². The zero-order valence-corrected chi connectivity index (χ0v) is 16.8. The van der Waals surface area contributed by atoms with Gasteiger partial charge >= 0.3 is 0 Å². The fourth-order valence-electron chi connectivity index (χ4n) is 2.67. The van der Waals surface area contributed by atoms with Gasteiger partial charge < -0.3 is 5.11 Å². The largest absolute Gasteiger partial charge is 0.510 e. The standard InChI is InChI=1S/C21H32O2S/c1-15(2)9-7-10-16(3)11-8-12-17(4)13-14-21(6)19(22)18(5)20(23)24-21/h9,11,13,22H,7-8,10,12,14H2,1-6H3/b16-11+,17-13+. The van der Waals surface area contributed by atoms with Gasteiger partial charge in [-0.05, 0) is 73.6 Å². The third-order valence-corrected chi connectivity index (χ3v) is 5.75. The Morgan fingerprint density at radius 2 is 1.58 bits per heavy atom. The van der Waals surface area contributed by atoms with E-state index in [4.69, 9.17) is 0 Å². The number of carbonyl (C=O) groups is 1. The number of thioether (sulfide) groups is 1. The fraction of sp³-hybridized carbons (Fsp3) is 0.571. The minimum atomic E-state index is -0.488. The molecule has 0 bridgehead atoms. The molecule has 134 valence electrons. The van der Waals surface area contributed by atoms with Gasteiger partial charge in [-0.2, -0.15) is 0 Å². The van der Waals surface area contributed by atoms with Crippen LogP contribution in [0, 0.1) is 0 Å². The van der Waals surface area contributed by atoms with Crippen molar-refractivity contribution in [2.45, 2.75) is 78.4 Å². The molecular weight excluding hydrogens is 316 g/mol. The first-order valence-electron chi connectivity index (χ1n) is 8.74. The molecule has 1 N–H and O–H groups in total. The van der Waals surface area contributed by atoms with E-state index < -0.39 is 4.75 Å². The van der Waals surface area contributed by atoms with Gasteiger partial charge in [-0.15, -0.1) is 0 Å². The molecule has 0 aromatic carbocycles. The molecule has 0 radical (unpaired) electrons. The van der Waals surface area contributed by atoms with Crippen molar-refractivity contribution < 1.29 is 9.90 Å². The van der Waals surface area contributed by atoms with Crippen molar-refractivity contribution in [2.75, 3.05) is 0 Å². The van der Waals surface area contributed by atoms with Crippen LogP contribution in [-0.4, -0.2) is 15.0 Å². The maximum absolute atomic E-state index is 11.7. The Kier molecular flexibility index (Phi) is 8.08. The summed E-state index contributed by atoms with van der Waals surface area (Å²) in [4.78, 5) is 11.7. The van der Waals surface area contributed by atoms with Crippen LogP contribution in [0.3, 0.4) is 0 Å². The van der Waals surface area contributed by atoms with E-state index in [0.29, 0.717) is 12.0 Å². The summed E-state index contributed by atoms with van der Waals surface area (Å²) < 4.78 is -0.488. The van der Waals surface area contributed by atoms with Gasteiger partial charge in [0.05, 0.1) is 4.75 Å². The van der Waals surface area contributed by atoms with Crippen LogP contribution in [0.5, 0.6) is 0 Å². The topological polar surface area (TPSA) is 37.3 Å². The normalized spacial score (nSPS) is 22.3. The first kappa shape index (κ1) is 20.8. The summed E-state index contributed by atoms with van der Waals surface area (Å²) in [5.74, 6) is 0.247.